The average Bonchev–Trinajstić information content (AvgIpc) is 2.77. The number of nitro groups is 1. The summed E-state index contributed by atoms with van der Waals surface area (Å²) in [6, 6.07) is 9.41. The molecule has 10 nitrogen and oxygen atoms in total. The van der Waals surface area contributed by atoms with Crippen LogP contribution in [0.4, 0.5) is 11.4 Å². The monoisotopic (exact) mass is 431 g/mol. The minimum atomic E-state index is -0.818. The number of hydrogen-bond donors (Lipinski definition) is 2. The van der Waals surface area contributed by atoms with Crippen LogP contribution in [-0.4, -0.2) is 50.7 Å². The van der Waals surface area contributed by atoms with E-state index in [2.05, 4.69) is 10.6 Å². The lowest BCUT2D eigenvalue weighted by Crippen LogP contribution is -2.30. The first-order valence-corrected chi connectivity index (χ1v) is 9.56. The maximum atomic E-state index is 12.1. The first-order valence-electron chi connectivity index (χ1n) is 9.56. The molecular formula is C21H25N3O7. The molecule has 0 atom stereocenters. The van der Waals surface area contributed by atoms with Crippen molar-refractivity contribution < 1.29 is 28.7 Å². The van der Waals surface area contributed by atoms with Crippen molar-refractivity contribution in [3.63, 3.8) is 0 Å². The van der Waals surface area contributed by atoms with Crippen molar-refractivity contribution in [2.45, 2.75) is 13.3 Å². The Bertz CT molecular complexity index is 947. The minimum Gasteiger partial charge on any atom is -0.493 e. The summed E-state index contributed by atoms with van der Waals surface area (Å²) in [5, 5.41) is 16.7. The molecule has 0 spiro atoms. The van der Waals surface area contributed by atoms with Crippen molar-refractivity contribution in [1.82, 2.24) is 5.32 Å². The molecule has 0 aliphatic heterocycles. The number of carbonyl (C=O) groups is 2. The lowest BCUT2D eigenvalue weighted by atomic mass is 10.1. The molecule has 0 radical (unpaired) electrons. The third kappa shape index (κ3) is 6.59. The van der Waals surface area contributed by atoms with Crippen LogP contribution in [-0.2, 0) is 16.0 Å². The Labute approximate surface area is 179 Å². The van der Waals surface area contributed by atoms with Gasteiger partial charge in [0.1, 0.15) is 5.69 Å². The van der Waals surface area contributed by atoms with E-state index < -0.39 is 23.4 Å². The van der Waals surface area contributed by atoms with E-state index in [1.807, 2.05) is 12.1 Å². The summed E-state index contributed by atoms with van der Waals surface area (Å²) >= 11 is 0. The van der Waals surface area contributed by atoms with Gasteiger partial charge in [0.15, 0.2) is 18.1 Å². The van der Waals surface area contributed by atoms with Crippen molar-refractivity contribution in [1.29, 1.82) is 0 Å². The second-order valence-electron chi connectivity index (χ2n) is 6.38. The molecule has 2 N–H and O–H groups in total. The third-order valence-electron chi connectivity index (χ3n) is 4.32. The van der Waals surface area contributed by atoms with E-state index >= 15 is 0 Å². The van der Waals surface area contributed by atoms with Gasteiger partial charge >= 0.3 is 5.97 Å². The highest BCUT2D eigenvalue weighted by Crippen LogP contribution is 2.27. The summed E-state index contributed by atoms with van der Waals surface area (Å²) < 4.78 is 15.4. The summed E-state index contributed by atoms with van der Waals surface area (Å²) in [5.74, 6) is -0.0933. The number of nitro benzene ring substituents is 1. The van der Waals surface area contributed by atoms with E-state index in [-0.39, 0.29) is 11.3 Å². The number of esters is 1. The summed E-state index contributed by atoms with van der Waals surface area (Å²) in [4.78, 5) is 34.7. The SMILES string of the molecule is CCNc1ccc(C(=O)OCC(=O)NCCc2ccc(OC)c(OC)c2)cc1[N+](=O)[O-]. The molecule has 1 amide bonds. The van der Waals surface area contributed by atoms with E-state index in [1.54, 1.807) is 27.2 Å². The van der Waals surface area contributed by atoms with Gasteiger partial charge in [0, 0.05) is 19.2 Å². The van der Waals surface area contributed by atoms with E-state index in [0.29, 0.717) is 36.7 Å². The number of amides is 1. The number of rotatable bonds is 11. The predicted molar refractivity (Wildman–Crippen MR) is 114 cm³/mol. The zero-order valence-electron chi connectivity index (χ0n) is 17.6. The maximum Gasteiger partial charge on any atom is 0.338 e. The van der Waals surface area contributed by atoms with Gasteiger partial charge in [0.05, 0.1) is 24.7 Å². The van der Waals surface area contributed by atoms with Crippen LogP contribution >= 0.6 is 0 Å². The largest absolute Gasteiger partial charge is 0.493 e. The van der Waals surface area contributed by atoms with Gasteiger partial charge < -0.3 is 24.8 Å². The Morgan fingerprint density at radius 2 is 1.81 bits per heavy atom. The van der Waals surface area contributed by atoms with Gasteiger partial charge in [0.2, 0.25) is 0 Å². The molecule has 0 aliphatic carbocycles. The van der Waals surface area contributed by atoms with Crippen LogP contribution < -0.4 is 20.1 Å². The number of carbonyl (C=O) groups excluding carboxylic acids is 2. The fourth-order valence-electron chi connectivity index (χ4n) is 2.80. The van der Waals surface area contributed by atoms with Crippen molar-refractivity contribution in [3.8, 4) is 11.5 Å². The average molecular weight is 431 g/mol. The molecule has 0 heterocycles. The van der Waals surface area contributed by atoms with Gasteiger partial charge in [-0.3, -0.25) is 14.9 Å². The van der Waals surface area contributed by atoms with Gasteiger partial charge in [-0.05, 0) is 43.2 Å². The molecule has 0 unspecified atom stereocenters. The fourth-order valence-corrected chi connectivity index (χ4v) is 2.80. The highest BCUT2D eigenvalue weighted by Gasteiger charge is 2.18. The second-order valence-corrected chi connectivity index (χ2v) is 6.38. The highest BCUT2D eigenvalue weighted by molar-refractivity contribution is 5.93. The molecule has 2 aromatic carbocycles. The van der Waals surface area contributed by atoms with Crippen LogP contribution in [0.2, 0.25) is 0 Å². The molecule has 0 saturated heterocycles. The van der Waals surface area contributed by atoms with Crippen LogP contribution in [0.1, 0.15) is 22.8 Å². The first-order chi connectivity index (χ1) is 14.9. The molecule has 0 aromatic heterocycles. The molecule has 31 heavy (non-hydrogen) atoms. The van der Waals surface area contributed by atoms with Crippen LogP contribution in [0, 0.1) is 10.1 Å². The molecule has 10 heteroatoms. The number of benzene rings is 2. The smallest absolute Gasteiger partial charge is 0.338 e. The number of ether oxygens (including phenoxy) is 3. The quantitative estimate of drug-likeness (QED) is 0.315. The second kappa shape index (κ2) is 11.4. The summed E-state index contributed by atoms with van der Waals surface area (Å²) in [6.07, 6.45) is 0.540. The summed E-state index contributed by atoms with van der Waals surface area (Å²) in [5.41, 5.74) is 0.988. The minimum absolute atomic E-state index is 0.00789. The zero-order chi connectivity index (χ0) is 22.8. The van der Waals surface area contributed by atoms with E-state index in [1.165, 1.54) is 12.1 Å². The van der Waals surface area contributed by atoms with Crippen molar-refractivity contribution in [3.05, 3.63) is 57.6 Å². The number of methoxy groups -OCH3 is 2. The Morgan fingerprint density at radius 3 is 2.45 bits per heavy atom. The topological polar surface area (TPSA) is 129 Å². The number of hydrogen-bond acceptors (Lipinski definition) is 8. The van der Waals surface area contributed by atoms with Crippen LogP contribution in [0.5, 0.6) is 11.5 Å². The van der Waals surface area contributed by atoms with E-state index in [4.69, 9.17) is 14.2 Å². The zero-order valence-corrected chi connectivity index (χ0v) is 17.6. The lowest BCUT2D eigenvalue weighted by Gasteiger charge is -2.10. The third-order valence-corrected chi connectivity index (χ3v) is 4.32. The Morgan fingerprint density at radius 1 is 1.06 bits per heavy atom. The van der Waals surface area contributed by atoms with Gasteiger partial charge in [-0.25, -0.2) is 4.79 Å². The van der Waals surface area contributed by atoms with Gasteiger partial charge in [0.25, 0.3) is 11.6 Å². The number of nitrogens with zero attached hydrogens (tertiary/aromatic N) is 1. The maximum absolute atomic E-state index is 12.1. The van der Waals surface area contributed by atoms with Crippen LogP contribution in [0.3, 0.4) is 0 Å². The molecule has 0 aliphatic rings. The van der Waals surface area contributed by atoms with Crippen LogP contribution in [0.15, 0.2) is 36.4 Å². The fraction of sp³-hybridized carbons (Fsp3) is 0.333. The van der Waals surface area contributed by atoms with E-state index in [9.17, 15) is 19.7 Å². The van der Waals surface area contributed by atoms with Gasteiger partial charge in [-0.2, -0.15) is 0 Å². The molecule has 0 bridgehead atoms. The molecule has 0 saturated carbocycles. The van der Waals surface area contributed by atoms with Crippen molar-refractivity contribution >= 4 is 23.3 Å². The standard InChI is InChI=1S/C21H25N3O7/c1-4-22-16-7-6-15(12-17(16)24(27)28)21(26)31-13-20(25)23-10-9-14-5-8-18(29-2)19(11-14)30-3/h5-8,11-12,22H,4,9-10,13H2,1-3H3,(H,23,25). The van der Waals surface area contributed by atoms with E-state index in [0.717, 1.165) is 11.6 Å². The molecule has 166 valence electrons. The Hall–Kier alpha value is -3.82. The van der Waals surface area contributed by atoms with Crippen LogP contribution in [0.25, 0.3) is 0 Å². The molecular weight excluding hydrogens is 406 g/mol. The Balaban J connectivity index is 1.85. The van der Waals surface area contributed by atoms with Gasteiger partial charge in [-0.1, -0.05) is 6.07 Å². The normalized spacial score (nSPS) is 10.2. The number of nitrogens with one attached hydrogen (secondary N) is 2. The molecule has 2 aromatic rings. The molecule has 0 fully saturated rings. The summed E-state index contributed by atoms with van der Waals surface area (Å²) in [6.45, 7) is 2.13. The Kier molecular flexibility index (Phi) is 8.62. The lowest BCUT2D eigenvalue weighted by molar-refractivity contribution is -0.384. The number of anilines is 1. The first kappa shape index (κ1) is 23.5. The van der Waals surface area contributed by atoms with Gasteiger partial charge in [-0.15, -0.1) is 0 Å². The van der Waals surface area contributed by atoms with Crippen molar-refractivity contribution in [2.24, 2.45) is 0 Å². The highest BCUT2D eigenvalue weighted by atomic mass is 16.6. The summed E-state index contributed by atoms with van der Waals surface area (Å²) in [7, 11) is 3.09. The van der Waals surface area contributed by atoms with Crippen molar-refractivity contribution in [2.75, 3.05) is 39.2 Å². The molecule has 2 rings (SSSR count). The predicted octanol–water partition coefficient (Wildman–Crippen LogP) is 2.56.